The minimum absolute atomic E-state index is 0.101. The Bertz CT molecular complexity index is 969. The summed E-state index contributed by atoms with van der Waals surface area (Å²) in [6.07, 6.45) is 0. The van der Waals surface area contributed by atoms with Gasteiger partial charge in [-0.3, -0.25) is 9.59 Å². The molecule has 23 heavy (non-hydrogen) atoms. The van der Waals surface area contributed by atoms with E-state index in [4.69, 9.17) is 0 Å². The van der Waals surface area contributed by atoms with Crippen molar-refractivity contribution in [3.8, 4) is 5.69 Å². The molecule has 0 saturated heterocycles. The maximum atomic E-state index is 13.0. The van der Waals surface area contributed by atoms with Gasteiger partial charge in [-0.2, -0.15) is 4.57 Å². The van der Waals surface area contributed by atoms with Crippen molar-refractivity contribution in [2.45, 2.75) is 6.92 Å². The standard InChI is InChI=1S/C19H15N2O2/c1-12-20(2)16-17(21(12)13-8-4-3-5-9-13)19(23)15-11-7-6-10-14(15)18(16)22/h3-11H,1-2H3/q+1. The Morgan fingerprint density at radius 3 is 2.04 bits per heavy atom. The van der Waals surface area contributed by atoms with E-state index in [9.17, 15) is 9.59 Å². The van der Waals surface area contributed by atoms with Gasteiger partial charge >= 0.3 is 0 Å². The molecule has 4 rings (SSSR count). The molecule has 0 bridgehead atoms. The maximum absolute atomic E-state index is 13.0. The van der Waals surface area contributed by atoms with Crippen LogP contribution < -0.4 is 4.57 Å². The molecule has 0 radical (unpaired) electrons. The Morgan fingerprint density at radius 1 is 0.826 bits per heavy atom. The normalized spacial score (nSPS) is 13.0. The molecule has 0 amide bonds. The van der Waals surface area contributed by atoms with E-state index in [-0.39, 0.29) is 11.6 Å². The zero-order chi connectivity index (χ0) is 16.1. The van der Waals surface area contributed by atoms with Gasteiger partial charge in [0.05, 0.1) is 7.05 Å². The number of hydrogen-bond donors (Lipinski definition) is 0. The molecular weight excluding hydrogens is 288 g/mol. The van der Waals surface area contributed by atoms with Crippen molar-refractivity contribution in [3.05, 3.63) is 82.9 Å². The zero-order valence-corrected chi connectivity index (χ0v) is 12.9. The summed E-state index contributed by atoms with van der Waals surface area (Å²) in [7, 11) is 1.83. The van der Waals surface area contributed by atoms with E-state index in [1.54, 1.807) is 28.8 Å². The third kappa shape index (κ3) is 1.75. The minimum Gasteiger partial charge on any atom is -0.284 e. The van der Waals surface area contributed by atoms with Gasteiger partial charge in [0, 0.05) is 18.1 Å². The molecule has 0 unspecified atom stereocenters. The molecule has 0 spiro atoms. The summed E-state index contributed by atoms with van der Waals surface area (Å²) < 4.78 is 3.67. The summed E-state index contributed by atoms with van der Waals surface area (Å²) in [6.45, 7) is 1.91. The fraction of sp³-hybridized carbons (Fsp3) is 0.105. The Labute approximate surface area is 133 Å². The lowest BCUT2D eigenvalue weighted by Gasteiger charge is -2.12. The van der Waals surface area contributed by atoms with E-state index in [2.05, 4.69) is 0 Å². The molecule has 0 saturated carbocycles. The van der Waals surface area contributed by atoms with Gasteiger partial charge in [-0.25, -0.2) is 4.57 Å². The van der Waals surface area contributed by atoms with Crippen LogP contribution in [0.25, 0.3) is 5.69 Å². The number of hydrogen-bond acceptors (Lipinski definition) is 2. The molecule has 0 fully saturated rings. The molecule has 4 heteroatoms. The second-order valence-corrected chi connectivity index (χ2v) is 5.68. The van der Waals surface area contributed by atoms with E-state index in [0.29, 0.717) is 22.5 Å². The van der Waals surface area contributed by atoms with E-state index < -0.39 is 0 Å². The molecule has 1 aliphatic rings. The van der Waals surface area contributed by atoms with Crippen molar-refractivity contribution in [2.75, 3.05) is 0 Å². The molecule has 1 aromatic heterocycles. The fourth-order valence-corrected chi connectivity index (χ4v) is 3.23. The van der Waals surface area contributed by atoms with Crippen LogP contribution in [0.5, 0.6) is 0 Å². The molecule has 2 aromatic carbocycles. The van der Waals surface area contributed by atoms with Crippen LogP contribution in [-0.2, 0) is 7.05 Å². The van der Waals surface area contributed by atoms with Gasteiger partial charge in [-0.05, 0) is 12.1 Å². The van der Waals surface area contributed by atoms with Crippen LogP contribution >= 0.6 is 0 Å². The average Bonchev–Trinajstić information content (AvgIpc) is 2.86. The van der Waals surface area contributed by atoms with Crippen LogP contribution in [0.1, 0.15) is 37.9 Å². The Hall–Kier alpha value is -3.01. The zero-order valence-electron chi connectivity index (χ0n) is 12.9. The van der Waals surface area contributed by atoms with Crippen LogP contribution in [0.4, 0.5) is 0 Å². The third-order valence-electron chi connectivity index (χ3n) is 4.45. The lowest BCUT2D eigenvalue weighted by molar-refractivity contribution is -0.678. The largest absolute Gasteiger partial charge is 0.284 e. The lowest BCUT2D eigenvalue weighted by Crippen LogP contribution is -2.39. The smallest absolute Gasteiger partial charge is 0.259 e. The Morgan fingerprint density at radius 2 is 1.39 bits per heavy atom. The van der Waals surface area contributed by atoms with E-state index in [1.807, 2.05) is 48.9 Å². The van der Waals surface area contributed by atoms with Gasteiger partial charge < -0.3 is 0 Å². The van der Waals surface area contributed by atoms with E-state index in [1.165, 1.54) is 0 Å². The highest BCUT2D eigenvalue weighted by Gasteiger charge is 2.42. The SMILES string of the molecule is Cc1n(-c2ccccc2)c2c([n+]1C)C(=O)c1ccccc1C2=O. The number of ketones is 2. The highest BCUT2D eigenvalue weighted by molar-refractivity contribution is 6.26. The second kappa shape index (κ2) is 4.74. The number of aromatic nitrogens is 2. The number of benzene rings is 2. The Kier molecular flexibility index (Phi) is 2.81. The lowest BCUT2D eigenvalue weighted by atomic mass is 9.90. The second-order valence-electron chi connectivity index (χ2n) is 5.68. The molecular formula is C19H15N2O2+. The molecule has 3 aromatic rings. The first-order valence-electron chi connectivity index (χ1n) is 7.46. The van der Waals surface area contributed by atoms with Crippen LogP contribution in [0, 0.1) is 6.92 Å². The first kappa shape index (κ1) is 13.6. The predicted octanol–water partition coefficient (Wildman–Crippen LogP) is 2.39. The number of carbonyl (C=O) groups excluding carboxylic acids is 2. The quantitative estimate of drug-likeness (QED) is 0.507. The van der Waals surface area contributed by atoms with Crippen molar-refractivity contribution >= 4 is 11.6 Å². The van der Waals surface area contributed by atoms with Gasteiger partial charge in [-0.15, -0.1) is 0 Å². The molecule has 0 atom stereocenters. The number of rotatable bonds is 1. The van der Waals surface area contributed by atoms with Gasteiger partial charge in [0.15, 0.2) is 0 Å². The number of fused-ring (bicyclic) bond motifs is 2. The summed E-state index contributed by atoms with van der Waals surface area (Å²) in [5.41, 5.74) is 2.73. The van der Waals surface area contributed by atoms with Crippen LogP contribution in [-0.4, -0.2) is 16.1 Å². The molecule has 1 aliphatic carbocycles. The van der Waals surface area contributed by atoms with Crippen molar-refractivity contribution in [1.29, 1.82) is 0 Å². The van der Waals surface area contributed by atoms with Crippen molar-refractivity contribution in [2.24, 2.45) is 7.05 Å². The number of carbonyl (C=O) groups is 2. The summed E-state index contributed by atoms with van der Waals surface area (Å²) in [5, 5.41) is 0. The summed E-state index contributed by atoms with van der Waals surface area (Å²) >= 11 is 0. The van der Waals surface area contributed by atoms with Crippen LogP contribution in [0.15, 0.2) is 54.6 Å². The molecule has 1 heterocycles. The molecule has 0 N–H and O–H groups in total. The fourth-order valence-electron chi connectivity index (χ4n) is 3.23. The van der Waals surface area contributed by atoms with Gasteiger partial charge in [0.1, 0.15) is 5.69 Å². The number of imidazole rings is 1. The minimum atomic E-state index is -0.109. The van der Waals surface area contributed by atoms with Crippen molar-refractivity contribution < 1.29 is 14.2 Å². The van der Waals surface area contributed by atoms with Gasteiger partial charge in [0.2, 0.25) is 23.0 Å². The third-order valence-corrected chi connectivity index (χ3v) is 4.45. The van der Waals surface area contributed by atoms with E-state index in [0.717, 1.165) is 11.5 Å². The van der Waals surface area contributed by atoms with Crippen molar-refractivity contribution in [1.82, 2.24) is 4.57 Å². The highest BCUT2D eigenvalue weighted by Crippen LogP contribution is 2.28. The monoisotopic (exact) mass is 303 g/mol. The number of para-hydroxylation sites is 1. The van der Waals surface area contributed by atoms with Gasteiger partial charge in [-0.1, -0.05) is 42.5 Å². The summed E-state index contributed by atoms with van der Waals surface area (Å²) in [5.74, 6) is 0.633. The molecule has 4 nitrogen and oxygen atoms in total. The highest BCUT2D eigenvalue weighted by atomic mass is 16.1. The van der Waals surface area contributed by atoms with Crippen molar-refractivity contribution in [3.63, 3.8) is 0 Å². The van der Waals surface area contributed by atoms with Crippen LogP contribution in [0.2, 0.25) is 0 Å². The molecule has 112 valence electrons. The van der Waals surface area contributed by atoms with Gasteiger partial charge in [0.25, 0.3) is 5.82 Å². The first-order chi connectivity index (χ1) is 11.1. The Balaban J connectivity index is 2.08. The maximum Gasteiger partial charge on any atom is 0.259 e. The van der Waals surface area contributed by atoms with Crippen LogP contribution in [0.3, 0.4) is 0 Å². The van der Waals surface area contributed by atoms with E-state index >= 15 is 0 Å². The summed E-state index contributed by atoms with van der Waals surface area (Å²) in [6, 6.07) is 16.7. The molecule has 0 aliphatic heterocycles. The predicted molar refractivity (Wildman–Crippen MR) is 85.0 cm³/mol. The topological polar surface area (TPSA) is 43.0 Å². The number of nitrogens with zero attached hydrogens (tertiary/aromatic N) is 2. The average molecular weight is 303 g/mol. The first-order valence-corrected chi connectivity index (χ1v) is 7.46. The summed E-state index contributed by atoms with van der Waals surface area (Å²) in [4.78, 5) is 25.9.